The molecule has 0 aliphatic carbocycles. The molecule has 0 radical (unpaired) electrons. The third-order valence-electron chi connectivity index (χ3n) is 3.88. The lowest BCUT2D eigenvalue weighted by molar-refractivity contribution is 0.00265. The van der Waals surface area contributed by atoms with Crippen molar-refractivity contribution < 1.29 is 23.7 Å². The molecule has 2 aliphatic heterocycles. The van der Waals surface area contributed by atoms with Gasteiger partial charge in [-0.15, -0.1) is 0 Å². The Balaban J connectivity index is 1.38. The van der Waals surface area contributed by atoms with Gasteiger partial charge in [-0.05, 0) is 17.7 Å². The fourth-order valence-corrected chi connectivity index (χ4v) is 2.70. The van der Waals surface area contributed by atoms with Crippen LogP contribution in [-0.2, 0) is 22.7 Å². The van der Waals surface area contributed by atoms with E-state index in [2.05, 4.69) is 0 Å². The van der Waals surface area contributed by atoms with Gasteiger partial charge < -0.3 is 18.9 Å². The first kappa shape index (κ1) is 14.1. The summed E-state index contributed by atoms with van der Waals surface area (Å²) in [5, 5.41) is 0. The number of fused-ring (bicyclic) bond motifs is 2. The zero-order valence-corrected chi connectivity index (χ0v) is 12.5. The van der Waals surface area contributed by atoms with Crippen molar-refractivity contribution in [3.8, 4) is 11.5 Å². The van der Waals surface area contributed by atoms with E-state index >= 15 is 0 Å². The molecule has 118 valence electrons. The van der Waals surface area contributed by atoms with Crippen molar-refractivity contribution in [1.82, 2.24) is 0 Å². The largest absolute Gasteiger partial charge is 0.486 e. The fraction of sp³-hybridized carbons (Fsp3) is 0.278. The van der Waals surface area contributed by atoms with Gasteiger partial charge in [0.15, 0.2) is 17.6 Å². The minimum Gasteiger partial charge on any atom is -0.486 e. The Bertz CT molecular complexity index is 726. The molecular formula is C18H16O5. The number of hydrogen-bond acceptors (Lipinski definition) is 5. The second-order valence-corrected chi connectivity index (χ2v) is 5.58. The van der Waals surface area contributed by atoms with E-state index in [0.29, 0.717) is 43.5 Å². The highest BCUT2D eigenvalue weighted by molar-refractivity contribution is 5.94. The summed E-state index contributed by atoms with van der Waals surface area (Å²) < 4.78 is 22.3. The zero-order valence-electron chi connectivity index (χ0n) is 12.5. The molecule has 2 heterocycles. The van der Waals surface area contributed by atoms with Crippen LogP contribution in [0.1, 0.15) is 21.5 Å². The van der Waals surface area contributed by atoms with Crippen LogP contribution < -0.4 is 9.47 Å². The second kappa shape index (κ2) is 5.93. The Morgan fingerprint density at radius 2 is 1.96 bits per heavy atom. The molecule has 0 aromatic heterocycles. The van der Waals surface area contributed by atoms with Crippen LogP contribution >= 0.6 is 0 Å². The Morgan fingerprint density at radius 3 is 2.83 bits per heavy atom. The van der Waals surface area contributed by atoms with Crippen LogP contribution in [0.2, 0.25) is 0 Å². The van der Waals surface area contributed by atoms with Gasteiger partial charge in [0.2, 0.25) is 0 Å². The first-order chi connectivity index (χ1) is 11.3. The molecule has 0 saturated carbocycles. The van der Waals surface area contributed by atoms with Crippen molar-refractivity contribution >= 4 is 5.97 Å². The first-order valence-corrected chi connectivity index (χ1v) is 7.55. The predicted molar refractivity (Wildman–Crippen MR) is 81.6 cm³/mol. The minimum absolute atomic E-state index is 0.165. The smallest absolute Gasteiger partial charge is 0.339 e. The number of cyclic esters (lactones) is 1. The molecule has 2 aliphatic rings. The van der Waals surface area contributed by atoms with Gasteiger partial charge in [0.25, 0.3) is 0 Å². The number of esters is 1. The van der Waals surface area contributed by atoms with Crippen molar-refractivity contribution in [1.29, 1.82) is 0 Å². The summed E-state index contributed by atoms with van der Waals surface area (Å²) in [6, 6.07) is 13.5. The summed E-state index contributed by atoms with van der Waals surface area (Å²) in [5.41, 5.74) is 2.52. The molecule has 4 rings (SSSR count). The predicted octanol–water partition coefficient (Wildman–Crippen LogP) is 2.71. The zero-order chi connectivity index (χ0) is 15.6. The molecule has 2 aromatic carbocycles. The summed E-state index contributed by atoms with van der Waals surface area (Å²) in [6.45, 7) is 1.68. The van der Waals surface area contributed by atoms with Crippen molar-refractivity contribution in [2.45, 2.75) is 19.3 Å². The van der Waals surface area contributed by atoms with Crippen LogP contribution in [0, 0.1) is 0 Å². The Labute approximate surface area is 133 Å². The highest BCUT2D eigenvalue weighted by atomic mass is 16.6. The number of carbonyl (C=O) groups excluding carboxylic acids is 1. The van der Waals surface area contributed by atoms with Crippen molar-refractivity contribution in [2.75, 3.05) is 13.2 Å². The summed E-state index contributed by atoms with van der Waals surface area (Å²) >= 11 is 0. The van der Waals surface area contributed by atoms with E-state index in [-0.39, 0.29) is 12.1 Å². The third-order valence-corrected chi connectivity index (χ3v) is 3.88. The molecule has 0 spiro atoms. The normalized spacial score (nSPS) is 18.4. The van der Waals surface area contributed by atoms with E-state index in [0.717, 1.165) is 11.1 Å². The van der Waals surface area contributed by atoms with Crippen LogP contribution in [0.3, 0.4) is 0 Å². The highest BCUT2D eigenvalue weighted by Gasteiger charge is 2.28. The first-order valence-electron chi connectivity index (χ1n) is 7.55. The number of rotatable bonds is 4. The van der Waals surface area contributed by atoms with E-state index < -0.39 is 0 Å². The molecule has 5 nitrogen and oxygen atoms in total. The number of ether oxygens (including phenoxy) is 4. The Morgan fingerprint density at radius 1 is 1.09 bits per heavy atom. The molecule has 0 saturated heterocycles. The average Bonchev–Trinajstić information content (AvgIpc) is 2.94. The van der Waals surface area contributed by atoms with Crippen molar-refractivity contribution in [3.63, 3.8) is 0 Å². The standard InChI is InChI=1S/C18H16O5/c19-18-15-7-16-17(6-13(15)9-22-18)23-14(11-21-16)10-20-8-12-4-2-1-3-5-12/h1-7,14H,8-11H2/t14-/m0/s1. The van der Waals surface area contributed by atoms with Crippen LogP contribution in [0.25, 0.3) is 0 Å². The van der Waals surface area contributed by atoms with E-state index in [1.807, 2.05) is 36.4 Å². The maximum Gasteiger partial charge on any atom is 0.339 e. The molecule has 0 N–H and O–H groups in total. The fourth-order valence-electron chi connectivity index (χ4n) is 2.70. The molecule has 0 unspecified atom stereocenters. The van der Waals surface area contributed by atoms with Crippen LogP contribution in [0.15, 0.2) is 42.5 Å². The molecule has 0 bridgehead atoms. The molecule has 2 aromatic rings. The summed E-state index contributed by atoms with van der Waals surface area (Å²) in [5.74, 6) is 0.920. The summed E-state index contributed by atoms with van der Waals surface area (Å²) in [6.07, 6.45) is -0.165. The Hall–Kier alpha value is -2.53. The van der Waals surface area contributed by atoms with Crippen LogP contribution in [0.5, 0.6) is 11.5 Å². The van der Waals surface area contributed by atoms with Crippen LogP contribution in [-0.4, -0.2) is 25.3 Å². The molecule has 1 atom stereocenters. The number of carbonyl (C=O) groups is 1. The molecule has 0 amide bonds. The quantitative estimate of drug-likeness (QED) is 0.813. The van der Waals surface area contributed by atoms with E-state index in [1.165, 1.54) is 0 Å². The Kier molecular flexibility index (Phi) is 3.63. The SMILES string of the molecule is O=C1OCc2cc3c(cc21)OC[C@H](COCc1ccccc1)O3. The molecule has 23 heavy (non-hydrogen) atoms. The van der Waals surface area contributed by atoms with Gasteiger partial charge in [0, 0.05) is 5.56 Å². The van der Waals surface area contributed by atoms with Gasteiger partial charge in [0.1, 0.15) is 13.2 Å². The lowest BCUT2D eigenvalue weighted by atomic mass is 10.1. The maximum atomic E-state index is 11.6. The topological polar surface area (TPSA) is 54.0 Å². The van der Waals surface area contributed by atoms with Crippen LogP contribution in [0.4, 0.5) is 0 Å². The lowest BCUT2D eigenvalue weighted by Gasteiger charge is -2.26. The van der Waals surface area contributed by atoms with Gasteiger partial charge in [-0.2, -0.15) is 0 Å². The lowest BCUT2D eigenvalue weighted by Crippen LogP contribution is -2.33. The molecule has 0 fully saturated rings. The maximum absolute atomic E-state index is 11.6. The van der Waals surface area contributed by atoms with Crippen molar-refractivity contribution in [2.24, 2.45) is 0 Å². The van der Waals surface area contributed by atoms with Gasteiger partial charge in [-0.1, -0.05) is 30.3 Å². The molecular weight excluding hydrogens is 296 g/mol. The minimum atomic E-state index is -0.306. The van der Waals surface area contributed by atoms with Gasteiger partial charge in [-0.3, -0.25) is 0 Å². The van der Waals surface area contributed by atoms with E-state index in [4.69, 9.17) is 18.9 Å². The third kappa shape index (κ3) is 2.87. The van der Waals surface area contributed by atoms with E-state index in [1.54, 1.807) is 6.07 Å². The van der Waals surface area contributed by atoms with Gasteiger partial charge >= 0.3 is 5.97 Å². The number of benzene rings is 2. The molecule has 5 heteroatoms. The van der Waals surface area contributed by atoms with E-state index in [9.17, 15) is 4.79 Å². The highest BCUT2D eigenvalue weighted by Crippen LogP contribution is 2.37. The van der Waals surface area contributed by atoms with Gasteiger partial charge in [-0.25, -0.2) is 4.79 Å². The number of hydrogen-bond donors (Lipinski definition) is 0. The second-order valence-electron chi connectivity index (χ2n) is 5.58. The monoisotopic (exact) mass is 312 g/mol. The van der Waals surface area contributed by atoms with Crippen molar-refractivity contribution in [3.05, 3.63) is 59.2 Å². The average molecular weight is 312 g/mol. The summed E-state index contributed by atoms with van der Waals surface area (Å²) in [4.78, 5) is 11.6. The van der Waals surface area contributed by atoms with Gasteiger partial charge in [0.05, 0.1) is 18.8 Å². The summed E-state index contributed by atoms with van der Waals surface area (Å²) in [7, 11) is 0.